The number of hydrogen-bond donors (Lipinski definition) is 2. The number of furan rings is 1. The summed E-state index contributed by atoms with van der Waals surface area (Å²) >= 11 is 0. The highest BCUT2D eigenvalue weighted by Crippen LogP contribution is 2.31. The van der Waals surface area contributed by atoms with E-state index in [1.54, 1.807) is 12.3 Å². The maximum atomic E-state index is 12.5. The summed E-state index contributed by atoms with van der Waals surface area (Å²) in [7, 11) is 0. The van der Waals surface area contributed by atoms with E-state index in [9.17, 15) is 14.7 Å². The van der Waals surface area contributed by atoms with Gasteiger partial charge < -0.3 is 23.8 Å². The summed E-state index contributed by atoms with van der Waals surface area (Å²) in [5.74, 6) is -0.207. The number of aliphatic hydroxyl groups excluding tert-OH is 1. The minimum Gasteiger partial charge on any atom is -0.462 e. The quantitative estimate of drug-likeness (QED) is 0.457. The molecule has 0 saturated carbocycles. The average Bonchev–Trinajstić information content (AvgIpc) is 3.39. The first-order chi connectivity index (χ1) is 14.5. The Bertz CT molecular complexity index is 1250. The zero-order valence-electron chi connectivity index (χ0n) is 17.0. The van der Waals surface area contributed by atoms with Crippen LogP contribution in [0.15, 0.2) is 56.6 Å². The van der Waals surface area contributed by atoms with E-state index in [1.165, 1.54) is 0 Å². The summed E-state index contributed by atoms with van der Waals surface area (Å²) in [4.78, 5) is 24.6. The number of nitrogens with one attached hydrogen (secondary N) is 1. The van der Waals surface area contributed by atoms with Crippen molar-refractivity contribution in [1.29, 1.82) is 0 Å². The van der Waals surface area contributed by atoms with E-state index in [2.05, 4.69) is 5.32 Å². The summed E-state index contributed by atoms with van der Waals surface area (Å²) in [6.07, 6.45) is 5.97. The van der Waals surface area contributed by atoms with Crippen molar-refractivity contribution < 1.29 is 18.7 Å². The molecule has 1 amide bonds. The van der Waals surface area contributed by atoms with Crippen LogP contribution in [-0.4, -0.2) is 28.2 Å². The van der Waals surface area contributed by atoms with Gasteiger partial charge in [0.15, 0.2) is 0 Å². The summed E-state index contributed by atoms with van der Waals surface area (Å²) in [6, 6.07) is 7.57. The smallest absolute Gasteiger partial charge is 0.339 e. The normalized spacial score (nSPS) is 12.5. The fourth-order valence-corrected chi connectivity index (χ4v) is 3.58. The number of benzene rings is 1. The van der Waals surface area contributed by atoms with Crippen LogP contribution in [0.25, 0.3) is 27.6 Å². The third-order valence-electron chi connectivity index (χ3n) is 5.45. The van der Waals surface area contributed by atoms with Crippen molar-refractivity contribution in [1.82, 2.24) is 9.88 Å². The summed E-state index contributed by atoms with van der Waals surface area (Å²) in [6.45, 7) is 3.93. The molecule has 3 heterocycles. The van der Waals surface area contributed by atoms with Gasteiger partial charge in [-0.15, -0.1) is 0 Å². The Morgan fingerprint density at radius 3 is 2.70 bits per heavy atom. The third-order valence-corrected chi connectivity index (χ3v) is 5.45. The van der Waals surface area contributed by atoms with Crippen molar-refractivity contribution in [2.45, 2.75) is 39.2 Å². The Hall–Kier alpha value is -3.32. The van der Waals surface area contributed by atoms with E-state index >= 15 is 0 Å². The SMILES string of the molecule is CCC(O)CNC(=O)CCc1c(C)c2cc3c(-n4cccc4)coc3cc2oc1=O. The van der Waals surface area contributed by atoms with Crippen LogP contribution >= 0.6 is 0 Å². The standard InChI is InChI=1S/C23H24N2O5/c1-3-15(26)12-24-22(27)7-6-16-14(2)17-10-18-19(25-8-4-5-9-25)13-29-20(18)11-21(17)30-23(16)28/h4-5,8-11,13,15,26H,3,6-7,12H2,1-2H3,(H,24,27). The van der Waals surface area contributed by atoms with Crippen LogP contribution < -0.4 is 10.9 Å². The van der Waals surface area contributed by atoms with Gasteiger partial charge in [-0.3, -0.25) is 4.79 Å². The minimum atomic E-state index is -0.562. The number of hydrogen-bond acceptors (Lipinski definition) is 5. The monoisotopic (exact) mass is 408 g/mol. The maximum Gasteiger partial charge on any atom is 0.339 e. The molecule has 0 aliphatic rings. The first-order valence-electron chi connectivity index (χ1n) is 10.0. The fraction of sp³-hybridized carbons (Fsp3) is 0.304. The van der Waals surface area contributed by atoms with E-state index in [0.29, 0.717) is 23.2 Å². The number of carbonyl (C=O) groups is 1. The number of carbonyl (C=O) groups excluding carboxylic acids is 1. The molecule has 0 aliphatic carbocycles. The van der Waals surface area contributed by atoms with Gasteiger partial charge in [0.05, 0.1) is 11.8 Å². The molecule has 0 saturated heterocycles. The van der Waals surface area contributed by atoms with Gasteiger partial charge in [0.1, 0.15) is 17.4 Å². The second kappa shape index (κ2) is 8.20. The topological polar surface area (TPSA) is 97.6 Å². The van der Waals surface area contributed by atoms with Gasteiger partial charge in [0, 0.05) is 47.8 Å². The first kappa shape index (κ1) is 20.0. The molecule has 0 radical (unpaired) electrons. The highest BCUT2D eigenvalue weighted by Gasteiger charge is 2.16. The molecule has 4 rings (SSSR count). The third kappa shape index (κ3) is 3.76. The lowest BCUT2D eigenvalue weighted by Crippen LogP contribution is -2.32. The van der Waals surface area contributed by atoms with Crippen LogP contribution in [0.5, 0.6) is 0 Å². The molecule has 7 heteroatoms. The number of rotatable bonds is 7. The second-order valence-corrected chi connectivity index (χ2v) is 7.42. The molecule has 0 bridgehead atoms. The van der Waals surface area contributed by atoms with Gasteiger partial charge in [-0.25, -0.2) is 4.79 Å². The zero-order valence-corrected chi connectivity index (χ0v) is 17.0. The van der Waals surface area contributed by atoms with Gasteiger partial charge in [-0.1, -0.05) is 6.92 Å². The molecule has 0 spiro atoms. The Balaban J connectivity index is 1.66. The largest absolute Gasteiger partial charge is 0.462 e. The molecule has 4 aromatic rings. The highest BCUT2D eigenvalue weighted by molar-refractivity contribution is 5.98. The lowest BCUT2D eigenvalue weighted by Gasteiger charge is -2.10. The predicted molar refractivity (Wildman–Crippen MR) is 114 cm³/mol. The Kier molecular flexibility index (Phi) is 5.46. The number of aromatic nitrogens is 1. The van der Waals surface area contributed by atoms with E-state index in [4.69, 9.17) is 8.83 Å². The molecule has 7 nitrogen and oxygen atoms in total. The molecule has 1 unspecified atom stereocenters. The Morgan fingerprint density at radius 1 is 1.20 bits per heavy atom. The van der Waals surface area contributed by atoms with E-state index in [1.807, 2.05) is 49.0 Å². The van der Waals surface area contributed by atoms with Crippen molar-refractivity contribution in [2.75, 3.05) is 6.54 Å². The number of fused-ring (bicyclic) bond motifs is 2. The predicted octanol–water partition coefficient (Wildman–Crippen LogP) is 3.46. The van der Waals surface area contributed by atoms with Gasteiger partial charge in [-0.2, -0.15) is 0 Å². The van der Waals surface area contributed by atoms with Crippen LogP contribution in [0, 0.1) is 6.92 Å². The van der Waals surface area contributed by atoms with Crippen molar-refractivity contribution in [3.8, 4) is 5.69 Å². The summed E-state index contributed by atoms with van der Waals surface area (Å²) < 4.78 is 13.2. The van der Waals surface area contributed by atoms with E-state index < -0.39 is 11.7 Å². The average molecular weight is 408 g/mol. The van der Waals surface area contributed by atoms with Crippen molar-refractivity contribution in [2.24, 2.45) is 0 Å². The zero-order chi connectivity index (χ0) is 21.3. The first-order valence-corrected chi connectivity index (χ1v) is 10.0. The number of aliphatic hydroxyl groups is 1. The fourth-order valence-electron chi connectivity index (χ4n) is 3.58. The second-order valence-electron chi connectivity index (χ2n) is 7.42. The summed E-state index contributed by atoms with van der Waals surface area (Å²) in [5, 5.41) is 14.0. The molecule has 156 valence electrons. The van der Waals surface area contributed by atoms with Crippen LogP contribution in [0.1, 0.15) is 30.9 Å². The molecular formula is C23H24N2O5. The maximum absolute atomic E-state index is 12.5. The van der Waals surface area contributed by atoms with Crippen LogP contribution in [0.4, 0.5) is 0 Å². The molecular weight excluding hydrogens is 384 g/mol. The van der Waals surface area contributed by atoms with Crippen molar-refractivity contribution >= 4 is 27.8 Å². The number of aryl methyl sites for hydroxylation is 1. The lowest BCUT2D eigenvalue weighted by atomic mass is 10.0. The van der Waals surface area contributed by atoms with Gasteiger partial charge in [-0.05, 0) is 43.5 Å². The molecule has 2 N–H and O–H groups in total. The Morgan fingerprint density at radius 2 is 1.97 bits per heavy atom. The lowest BCUT2D eigenvalue weighted by molar-refractivity contribution is -0.121. The van der Waals surface area contributed by atoms with Crippen LogP contribution in [0.3, 0.4) is 0 Å². The highest BCUT2D eigenvalue weighted by atomic mass is 16.4. The van der Waals surface area contributed by atoms with Crippen molar-refractivity contribution in [3.05, 3.63) is 64.5 Å². The van der Waals surface area contributed by atoms with Gasteiger partial charge in [0.2, 0.25) is 5.91 Å². The Labute approximate surface area is 172 Å². The molecule has 0 aliphatic heterocycles. The number of amides is 1. The molecule has 1 atom stereocenters. The molecule has 3 aromatic heterocycles. The van der Waals surface area contributed by atoms with E-state index in [-0.39, 0.29) is 25.3 Å². The van der Waals surface area contributed by atoms with Gasteiger partial charge >= 0.3 is 5.63 Å². The molecule has 0 fully saturated rings. The summed E-state index contributed by atoms with van der Waals surface area (Å²) in [5.41, 5.74) is 2.83. The van der Waals surface area contributed by atoms with Crippen molar-refractivity contribution in [3.63, 3.8) is 0 Å². The van der Waals surface area contributed by atoms with Crippen LogP contribution in [-0.2, 0) is 11.2 Å². The molecule has 30 heavy (non-hydrogen) atoms. The van der Waals surface area contributed by atoms with E-state index in [0.717, 1.165) is 22.0 Å². The van der Waals surface area contributed by atoms with Gasteiger partial charge in [0.25, 0.3) is 0 Å². The molecule has 1 aromatic carbocycles. The van der Waals surface area contributed by atoms with Crippen LogP contribution in [0.2, 0.25) is 0 Å². The number of nitrogens with zero attached hydrogens (tertiary/aromatic N) is 1. The minimum absolute atomic E-state index is 0.149.